The van der Waals surface area contributed by atoms with Gasteiger partial charge >= 0.3 is 0 Å². The number of nitrogens with zero attached hydrogens (tertiary/aromatic N) is 2. The second kappa shape index (κ2) is 5.31. The zero-order valence-corrected chi connectivity index (χ0v) is 12.8. The summed E-state index contributed by atoms with van der Waals surface area (Å²) in [6.07, 6.45) is 3.78. The number of amides is 1. The zero-order chi connectivity index (χ0) is 14.9. The Morgan fingerprint density at radius 3 is 2.50 bits per heavy atom. The van der Waals surface area contributed by atoms with Gasteiger partial charge in [0.15, 0.2) is 17.2 Å². The van der Waals surface area contributed by atoms with Crippen molar-refractivity contribution in [1.82, 2.24) is 9.88 Å². The highest BCUT2D eigenvalue weighted by Crippen LogP contribution is 2.37. The molecule has 20 heavy (non-hydrogen) atoms. The molecule has 1 heterocycles. The van der Waals surface area contributed by atoms with Crippen molar-refractivity contribution >= 4 is 5.91 Å². The Morgan fingerprint density at radius 2 is 2.00 bits per heavy atom. The number of rotatable bonds is 4. The van der Waals surface area contributed by atoms with Gasteiger partial charge in [-0.15, -0.1) is 0 Å². The Kier molecular flexibility index (Phi) is 3.88. The van der Waals surface area contributed by atoms with E-state index in [4.69, 9.17) is 9.47 Å². The fourth-order valence-electron chi connectivity index (χ4n) is 1.67. The molecule has 5 heteroatoms. The molecule has 1 aliphatic rings. The molecule has 0 N–H and O–H groups in total. The lowest BCUT2D eigenvalue weighted by atomic mass is 10.2. The maximum absolute atomic E-state index is 12.2. The van der Waals surface area contributed by atoms with E-state index in [-0.39, 0.29) is 17.6 Å². The molecule has 1 aliphatic carbocycles. The van der Waals surface area contributed by atoms with Gasteiger partial charge in [0.1, 0.15) is 5.60 Å². The van der Waals surface area contributed by atoms with Gasteiger partial charge in [-0.2, -0.15) is 0 Å². The minimum atomic E-state index is -0.360. The number of hydrogen-bond donors (Lipinski definition) is 0. The van der Waals surface area contributed by atoms with Gasteiger partial charge in [-0.1, -0.05) is 0 Å². The molecule has 0 spiro atoms. The van der Waals surface area contributed by atoms with Gasteiger partial charge in [-0.25, -0.2) is 4.98 Å². The molecule has 1 saturated carbocycles. The minimum absolute atomic E-state index is 0.176. The van der Waals surface area contributed by atoms with Crippen LogP contribution in [-0.2, 0) is 0 Å². The topological polar surface area (TPSA) is 51.7 Å². The summed E-state index contributed by atoms with van der Waals surface area (Å²) < 4.78 is 11.8. The number of carbonyl (C=O) groups is 1. The first kappa shape index (κ1) is 14.6. The third-order valence-electron chi connectivity index (χ3n) is 2.70. The van der Waals surface area contributed by atoms with E-state index >= 15 is 0 Å². The largest absolute Gasteiger partial charge is 0.484 e. The van der Waals surface area contributed by atoms with E-state index in [0.29, 0.717) is 17.2 Å². The van der Waals surface area contributed by atoms with Crippen molar-refractivity contribution in [2.24, 2.45) is 0 Å². The van der Waals surface area contributed by atoms with E-state index in [1.165, 1.54) is 4.90 Å². The lowest BCUT2D eigenvalue weighted by Crippen LogP contribution is -2.26. The first-order valence-corrected chi connectivity index (χ1v) is 6.84. The van der Waals surface area contributed by atoms with Gasteiger partial charge in [0.05, 0.1) is 6.10 Å². The van der Waals surface area contributed by atoms with Gasteiger partial charge < -0.3 is 14.4 Å². The highest BCUT2D eigenvalue weighted by Gasteiger charge is 2.30. The maximum Gasteiger partial charge on any atom is 0.275 e. The van der Waals surface area contributed by atoms with Crippen molar-refractivity contribution in [3.63, 3.8) is 0 Å². The SMILES string of the molecule is CN(C)C(=O)c1nccc(OC(C)(C)C)c1OC1CC1. The molecule has 1 aromatic heterocycles. The first-order chi connectivity index (χ1) is 9.28. The summed E-state index contributed by atoms with van der Waals surface area (Å²) in [5.74, 6) is 0.855. The van der Waals surface area contributed by atoms with Gasteiger partial charge in [-0.05, 0) is 33.6 Å². The average molecular weight is 278 g/mol. The minimum Gasteiger partial charge on any atom is -0.484 e. The second-order valence-electron chi connectivity index (χ2n) is 6.22. The fourth-order valence-corrected chi connectivity index (χ4v) is 1.67. The van der Waals surface area contributed by atoms with Crippen LogP contribution in [0.5, 0.6) is 11.5 Å². The number of ether oxygens (including phenoxy) is 2. The molecule has 1 amide bonds. The second-order valence-corrected chi connectivity index (χ2v) is 6.22. The van der Waals surface area contributed by atoms with Crippen molar-refractivity contribution in [1.29, 1.82) is 0 Å². The van der Waals surface area contributed by atoms with Crippen LogP contribution in [0.25, 0.3) is 0 Å². The Labute approximate surface area is 119 Å². The fraction of sp³-hybridized carbons (Fsp3) is 0.600. The van der Waals surface area contributed by atoms with Gasteiger partial charge in [0.2, 0.25) is 0 Å². The summed E-state index contributed by atoms with van der Waals surface area (Å²) in [4.78, 5) is 17.9. The molecule has 0 aliphatic heterocycles. The number of carbonyl (C=O) groups excluding carboxylic acids is 1. The van der Waals surface area contributed by atoms with Gasteiger partial charge in [0, 0.05) is 26.4 Å². The normalized spacial score (nSPS) is 14.8. The van der Waals surface area contributed by atoms with E-state index in [1.807, 2.05) is 20.8 Å². The number of hydrogen-bond acceptors (Lipinski definition) is 4. The Hall–Kier alpha value is -1.78. The quantitative estimate of drug-likeness (QED) is 0.849. The van der Waals surface area contributed by atoms with Gasteiger partial charge in [0.25, 0.3) is 5.91 Å². The van der Waals surface area contributed by atoms with E-state index in [9.17, 15) is 4.79 Å². The van der Waals surface area contributed by atoms with Crippen LogP contribution in [0.3, 0.4) is 0 Å². The van der Waals surface area contributed by atoms with Crippen molar-refractivity contribution in [3.8, 4) is 11.5 Å². The van der Waals surface area contributed by atoms with E-state index < -0.39 is 0 Å². The first-order valence-electron chi connectivity index (χ1n) is 6.84. The number of aromatic nitrogens is 1. The monoisotopic (exact) mass is 278 g/mol. The Bertz CT molecular complexity index is 502. The highest BCUT2D eigenvalue weighted by atomic mass is 16.5. The predicted molar refractivity (Wildman–Crippen MR) is 76.3 cm³/mol. The summed E-state index contributed by atoms with van der Waals surface area (Å²) >= 11 is 0. The molecule has 0 aromatic carbocycles. The van der Waals surface area contributed by atoms with Gasteiger partial charge in [-0.3, -0.25) is 4.79 Å². The van der Waals surface area contributed by atoms with Crippen LogP contribution in [0, 0.1) is 0 Å². The summed E-state index contributed by atoms with van der Waals surface area (Å²) in [6, 6.07) is 1.75. The smallest absolute Gasteiger partial charge is 0.275 e. The molecule has 1 fully saturated rings. The van der Waals surface area contributed by atoms with Crippen molar-refractivity contribution in [2.45, 2.75) is 45.3 Å². The lowest BCUT2D eigenvalue weighted by molar-refractivity contribution is 0.0809. The standard InChI is InChI=1S/C15H22N2O3/c1-15(2,3)20-11-8-9-16-12(14(18)17(4)5)13(11)19-10-6-7-10/h8-10H,6-7H2,1-5H3. The third-order valence-corrected chi connectivity index (χ3v) is 2.70. The van der Waals surface area contributed by atoms with E-state index in [1.54, 1.807) is 26.4 Å². The molecular formula is C15H22N2O3. The lowest BCUT2D eigenvalue weighted by Gasteiger charge is -2.24. The summed E-state index contributed by atoms with van der Waals surface area (Å²) in [5, 5.41) is 0. The van der Waals surface area contributed by atoms with Crippen LogP contribution in [0.1, 0.15) is 44.1 Å². The molecule has 110 valence electrons. The van der Waals surface area contributed by atoms with E-state index in [0.717, 1.165) is 12.8 Å². The summed E-state index contributed by atoms with van der Waals surface area (Å²) in [7, 11) is 3.39. The maximum atomic E-state index is 12.2. The predicted octanol–water partition coefficient (Wildman–Crippen LogP) is 2.50. The summed E-state index contributed by atoms with van der Waals surface area (Å²) in [5.41, 5.74) is -0.0507. The Balaban J connectivity index is 2.39. The molecule has 2 rings (SSSR count). The third kappa shape index (κ3) is 3.62. The van der Waals surface area contributed by atoms with Crippen molar-refractivity contribution in [3.05, 3.63) is 18.0 Å². The van der Waals surface area contributed by atoms with Crippen molar-refractivity contribution in [2.75, 3.05) is 14.1 Å². The molecule has 0 unspecified atom stereocenters. The molecule has 5 nitrogen and oxygen atoms in total. The van der Waals surface area contributed by atoms with Crippen LogP contribution in [0.4, 0.5) is 0 Å². The molecule has 0 atom stereocenters. The zero-order valence-electron chi connectivity index (χ0n) is 12.8. The molecule has 1 aromatic rings. The summed E-state index contributed by atoms with van der Waals surface area (Å²) in [6.45, 7) is 5.88. The van der Waals surface area contributed by atoms with Crippen LogP contribution in [0.2, 0.25) is 0 Å². The molecule has 0 saturated heterocycles. The number of pyridine rings is 1. The average Bonchev–Trinajstić information content (AvgIpc) is 3.12. The Morgan fingerprint density at radius 1 is 1.35 bits per heavy atom. The molecule has 0 bridgehead atoms. The molecule has 0 radical (unpaired) electrons. The van der Waals surface area contributed by atoms with Crippen molar-refractivity contribution < 1.29 is 14.3 Å². The van der Waals surface area contributed by atoms with Crippen LogP contribution < -0.4 is 9.47 Å². The van der Waals surface area contributed by atoms with Crippen LogP contribution >= 0.6 is 0 Å². The highest BCUT2D eigenvalue weighted by molar-refractivity contribution is 5.95. The van der Waals surface area contributed by atoms with Crippen LogP contribution in [-0.4, -0.2) is 41.6 Å². The van der Waals surface area contributed by atoms with E-state index in [2.05, 4.69) is 4.98 Å². The van der Waals surface area contributed by atoms with Crippen LogP contribution in [0.15, 0.2) is 12.3 Å². The molecular weight excluding hydrogens is 256 g/mol.